The summed E-state index contributed by atoms with van der Waals surface area (Å²) in [6.07, 6.45) is 0.966. The summed E-state index contributed by atoms with van der Waals surface area (Å²) in [6.45, 7) is 2.09. The van der Waals surface area contributed by atoms with E-state index in [2.05, 4.69) is 10.6 Å². The minimum Gasteiger partial charge on any atom is -0.481 e. The van der Waals surface area contributed by atoms with Crippen molar-refractivity contribution >= 4 is 21.8 Å². The molecule has 8 heteroatoms. The summed E-state index contributed by atoms with van der Waals surface area (Å²) >= 11 is 0. The third kappa shape index (κ3) is 5.91. The van der Waals surface area contributed by atoms with Crippen molar-refractivity contribution < 1.29 is 23.1 Å². The highest BCUT2D eigenvalue weighted by Crippen LogP contribution is 2.17. The molecule has 0 aromatic heterocycles. The summed E-state index contributed by atoms with van der Waals surface area (Å²) in [5.41, 5.74) is 0. The zero-order valence-corrected chi connectivity index (χ0v) is 11.7. The third-order valence-corrected chi connectivity index (χ3v) is 4.96. The van der Waals surface area contributed by atoms with E-state index in [0.29, 0.717) is 19.4 Å². The highest BCUT2D eigenvalue weighted by molar-refractivity contribution is 7.91. The maximum absolute atomic E-state index is 11.5. The maximum atomic E-state index is 11.5. The molecule has 7 nitrogen and oxygen atoms in total. The summed E-state index contributed by atoms with van der Waals surface area (Å²) < 4.78 is 22.5. The van der Waals surface area contributed by atoms with Crippen LogP contribution in [0, 0.1) is 5.92 Å². The number of carbonyl (C=O) groups excluding carboxylic acids is 1. The summed E-state index contributed by atoms with van der Waals surface area (Å²) in [7, 11) is -2.94. The fraction of sp³-hybridized carbons (Fsp3) is 0.818. The van der Waals surface area contributed by atoms with Crippen LogP contribution in [-0.4, -0.2) is 49.6 Å². The maximum Gasteiger partial charge on any atom is 0.315 e. The van der Waals surface area contributed by atoms with Crippen LogP contribution < -0.4 is 10.6 Å². The lowest BCUT2D eigenvalue weighted by molar-refractivity contribution is -0.137. The minimum atomic E-state index is -2.94. The normalized spacial score (nSPS) is 22.7. The first-order chi connectivity index (χ1) is 8.82. The predicted molar refractivity (Wildman–Crippen MR) is 69.6 cm³/mol. The molecule has 2 atom stereocenters. The van der Waals surface area contributed by atoms with Crippen molar-refractivity contribution in [3.05, 3.63) is 0 Å². The monoisotopic (exact) mass is 292 g/mol. The average molecular weight is 292 g/mol. The van der Waals surface area contributed by atoms with Crippen LogP contribution in [0.25, 0.3) is 0 Å². The zero-order valence-electron chi connectivity index (χ0n) is 10.9. The van der Waals surface area contributed by atoms with Crippen LogP contribution in [0.2, 0.25) is 0 Å². The lowest BCUT2D eigenvalue weighted by Crippen LogP contribution is -2.44. The van der Waals surface area contributed by atoms with Gasteiger partial charge in [0.05, 0.1) is 17.9 Å². The number of carbonyl (C=O) groups is 2. The van der Waals surface area contributed by atoms with Crippen LogP contribution in [0.1, 0.15) is 26.2 Å². The third-order valence-electron chi connectivity index (χ3n) is 3.13. The van der Waals surface area contributed by atoms with Gasteiger partial charge in [-0.3, -0.25) is 4.79 Å². The van der Waals surface area contributed by atoms with Crippen molar-refractivity contribution in [2.45, 2.75) is 32.2 Å². The van der Waals surface area contributed by atoms with E-state index in [1.807, 2.05) is 0 Å². The highest BCUT2D eigenvalue weighted by atomic mass is 32.2. The largest absolute Gasteiger partial charge is 0.481 e. The first-order valence-corrected chi connectivity index (χ1v) is 8.11. The number of hydrogen-bond donors (Lipinski definition) is 3. The van der Waals surface area contributed by atoms with E-state index in [4.69, 9.17) is 5.11 Å². The Balaban J connectivity index is 2.29. The number of aliphatic carboxylic acids is 1. The van der Waals surface area contributed by atoms with Crippen LogP contribution in [-0.2, 0) is 14.6 Å². The second kappa shape index (κ2) is 6.74. The minimum absolute atomic E-state index is 0.0460. The molecule has 0 spiro atoms. The fourth-order valence-corrected chi connectivity index (χ4v) is 3.88. The van der Waals surface area contributed by atoms with E-state index in [1.54, 1.807) is 6.92 Å². The van der Waals surface area contributed by atoms with Gasteiger partial charge in [-0.2, -0.15) is 0 Å². The number of rotatable bonds is 6. The average Bonchev–Trinajstić information content (AvgIpc) is 2.65. The molecule has 2 unspecified atom stereocenters. The fourth-order valence-electron chi connectivity index (χ4n) is 2.01. The van der Waals surface area contributed by atoms with Crippen molar-refractivity contribution in [1.29, 1.82) is 0 Å². The van der Waals surface area contributed by atoms with Crippen molar-refractivity contribution in [2.75, 3.05) is 18.1 Å². The second-order valence-electron chi connectivity index (χ2n) is 4.83. The quantitative estimate of drug-likeness (QED) is 0.636. The number of nitrogens with one attached hydrogen (secondary N) is 2. The summed E-state index contributed by atoms with van der Waals surface area (Å²) in [6, 6.07) is -0.859. The van der Waals surface area contributed by atoms with Crippen molar-refractivity contribution in [2.24, 2.45) is 5.92 Å². The van der Waals surface area contributed by atoms with Crippen LogP contribution in [0.15, 0.2) is 0 Å². The Morgan fingerprint density at radius 3 is 2.58 bits per heavy atom. The topological polar surface area (TPSA) is 113 Å². The number of sulfone groups is 1. The lowest BCUT2D eigenvalue weighted by Gasteiger charge is -2.16. The molecular formula is C11H20N2O5S. The van der Waals surface area contributed by atoms with Gasteiger partial charge in [0.2, 0.25) is 0 Å². The first-order valence-electron chi connectivity index (χ1n) is 6.29. The SMILES string of the molecule is CCC(CC(=O)O)NC(=O)NCC1CCS(=O)(=O)C1. The Morgan fingerprint density at radius 2 is 2.11 bits per heavy atom. The van der Waals surface area contributed by atoms with Crippen molar-refractivity contribution in [3.8, 4) is 0 Å². The molecular weight excluding hydrogens is 272 g/mol. The van der Waals surface area contributed by atoms with E-state index >= 15 is 0 Å². The molecule has 0 bridgehead atoms. The Morgan fingerprint density at radius 1 is 1.42 bits per heavy atom. The summed E-state index contributed by atoms with van der Waals surface area (Å²) in [4.78, 5) is 22.1. The molecule has 1 aliphatic heterocycles. The molecule has 1 aliphatic rings. The Hall–Kier alpha value is -1.31. The standard InChI is InChI=1S/C11H20N2O5S/c1-2-9(5-10(14)15)13-11(16)12-6-8-3-4-19(17,18)7-8/h8-9H,2-7H2,1H3,(H,14,15)(H2,12,13,16). The van der Waals surface area contributed by atoms with Gasteiger partial charge in [0, 0.05) is 12.6 Å². The Kier molecular flexibility index (Phi) is 5.59. The van der Waals surface area contributed by atoms with Crippen LogP contribution in [0.5, 0.6) is 0 Å². The predicted octanol–water partition coefficient (Wildman–Crippen LogP) is -0.0264. The van der Waals surface area contributed by atoms with Gasteiger partial charge >= 0.3 is 12.0 Å². The van der Waals surface area contributed by atoms with Gasteiger partial charge in [-0.05, 0) is 18.8 Å². The van der Waals surface area contributed by atoms with Gasteiger partial charge in [-0.15, -0.1) is 0 Å². The molecule has 0 radical (unpaired) electrons. The smallest absolute Gasteiger partial charge is 0.315 e. The molecule has 2 amide bonds. The molecule has 3 N–H and O–H groups in total. The van der Waals surface area contributed by atoms with Gasteiger partial charge in [0.25, 0.3) is 0 Å². The number of amides is 2. The zero-order chi connectivity index (χ0) is 14.5. The van der Waals surface area contributed by atoms with Gasteiger partial charge in [0.1, 0.15) is 0 Å². The molecule has 1 fully saturated rings. The molecule has 0 aromatic rings. The Labute approximate surface area is 112 Å². The highest BCUT2D eigenvalue weighted by Gasteiger charge is 2.28. The molecule has 19 heavy (non-hydrogen) atoms. The van der Waals surface area contributed by atoms with Gasteiger partial charge < -0.3 is 15.7 Å². The van der Waals surface area contributed by atoms with Gasteiger partial charge in [0.15, 0.2) is 9.84 Å². The Bertz CT molecular complexity index is 434. The van der Waals surface area contributed by atoms with E-state index < -0.39 is 27.9 Å². The molecule has 1 saturated heterocycles. The van der Waals surface area contributed by atoms with Crippen LogP contribution in [0.4, 0.5) is 4.79 Å². The first kappa shape index (κ1) is 15.7. The van der Waals surface area contributed by atoms with E-state index in [1.165, 1.54) is 0 Å². The second-order valence-corrected chi connectivity index (χ2v) is 7.06. The summed E-state index contributed by atoms with van der Waals surface area (Å²) in [5, 5.41) is 13.8. The van der Waals surface area contributed by atoms with Crippen LogP contribution in [0.3, 0.4) is 0 Å². The number of carboxylic acid groups (broad SMARTS) is 1. The van der Waals surface area contributed by atoms with Crippen molar-refractivity contribution in [3.63, 3.8) is 0 Å². The lowest BCUT2D eigenvalue weighted by atomic mass is 10.1. The van der Waals surface area contributed by atoms with Gasteiger partial charge in [-0.25, -0.2) is 13.2 Å². The molecule has 0 aliphatic carbocycles. The number of hydrogen-bond acceptors (Lipinski definition) is 4. The number of urea groups is 1. The van der Waals surface area contributed by atoms with E-state index in [0.717, 1.165) is 0 Å². The molecule has 1 heterocycles. The molecule has 1 rings (SSSR count). The van der Waals surface area contributed by atoms with E-state index in [9.17, 15) is 18.0 Å². The van der Waals surface area contributed by atoms with Crippen molar-refractivity contribution in [1.82, 2.24) is 10.6 Å². The molecule has 0 aromatic carbocycles. The molecule has 110 valence electrons. The van der Waals surface area contributed by atoms with Crippen LogP contribution >= 0.6 is 0 Å². The summed E-state index contributed by atoms with van der Waals surface area (Å²) in [5.74, 6) is -0.721. The number of carboxylic acids is 1. The van der Waals surface area contributed by atoms with E-state index in [-0.39, 0.29) is 23.8 Å². The molecule has 0 saturated carbocycles. The van der Waals surface area contributed by atoms with Gasteiger partial charge in [-0.1, -0.05) is 6.92 Å².